The lowest BCUT2D eigenvalue weighted by Gasteiger charge is -2.31. The van der Waals surface area contributed by atoms with Crippen LogP contribution >= 0.6 is 0 Å². The zero-order valence-electron chi connectivity index (χ0n) is 12.1. The average molecular weight is 276 g/mol. The predicted molar refractivity (Wildman–Crippen MR) is 80.8 cm³/mol. The van der Waals surface area contributed by atoms with E-state index in [1.807, 2.05) is 24.3 Å². The van der Waals surface area contributed by atoms with Crippen LogP contribution in [-0.2, 0) is 4.79 Å². The first-order valence-electron chi connectivity index (χ1n) is 7.43. The van der Waals surface area contributed by atoms with Gasteiger partial charge in [-0.25, -0.2) is 0 Å². The van der Waals surface area contributed by atoms with Gasteiger partial charge in [0, 0.05) is 6.04 Å². The van der Waals surface area contributed by atoms with Gasteiger partial charge < -0.3 is 15.8 Å². The highest BCUT2D eigenvalue weighted by Crippen LogP contribution is 2.30. The van der Waals surface area contributed by atoms with Crippen molar-refractivity contribution >= 4 is 11.6 Å². The van der Waals surface area contributed by atoms with Crippen LogP contribution in [0.15, 0.2) is 24.3 Å². The maximum absolute atomic E-state index is 10.8. The van der Waals surface area contributed by atoms with E-state index >= 15 is 0 Å². The molecule has 0 aromatic heterocycles. The second kappa shape index (κ2) is 7.17. The SMILES string of the molecule is CC1CCCCC1Nc1ccccc1OCCC(N)=O. The smallest absolute Gasteiger partial charge is 0.220 e. The van der Waals surface area contributed by atoms with Gasteiger partial charge in [-0.05, 0) is 30.9 Å². The van der Waals surface area contributed by atoms with Crippen LogP contribution in [0.5, 0.6) is 5.75 Å². The minimum Gasteiger partial charge on any atom is -0.491 e. The third-order valence-electron chi connectivity index (χ3n) is 3.95. The van der Waals surface area contributed by atoms with Crippen molar-refractivity contribution in [3.05, 3.63) is 24.3 Å². The molecule has 3 N–H and O–H groups in total. The molecule has 0 heterocycles. The number of hydrogen-bond acceptors (Lipinski definition) is 3. The number of ether oxygens (including phenoxy) is 1. The van der Waals surface area contributed by atoms with Gasteiger partial charge in [-0.2, -0.15) is 0 Å². The quantitative estimate of drug-likeness (QED) is 0.839. The van der Waals surface area contributed by atoms with Crippen molar-refractivity contribution in [2.24, 2.45) is 11.7 Å². The van der Waals surface area contributed by atoms with E-state index in [0.29, 0.717) is 18.6 Å². The van der Waals surface area contributed by atoms with Crippen LogP contribution in [-0.4, -0.2) is 18.6 Å². The molecule has 0 bridgehead atoms. The standard InChI is InChI=1S/C16H24N2O2/c1-12-6-2-3-7-13(12)18-14-8-4-5-9-15(14)20-11-10-16(17)19/h4-5,8-9,12-13,18H,2-3,6-7,10-11H2,1H3,(H2,17,19). The van der Waals surface area contributed by atoms with E-state index < -0.39 is 0 Å². The summed E-state index contributed by atoms with van der Waals surface area (Å²) >= 11 is 0. The Hall–Kier alpha value is -1.71. The van der Waals surface area contributed by atoms with E-state index in [-0.39, 0.29) is 12.3 Å². The van der Waals surface area contributed by atoms with Crippen LogP contribution < -0.4 is 15.8 Å². The van der Waals surface area contributed by atoms with Gasteiger partial charge in [0.2, 0.25) is 5.91 Å². The fourth-order valence-electron chi connectivity index (χ4n) is 2.70. The van der Waals surface area contributed by atoms with Crippen molar-refractivity contribution < 1.29 is 9.53 Å². The lowest BCUT2D eigenvalue weighted by molar-refractivity contribution is -0.118. The van der Waals surface area contributed by atoms with Crippen molar-refractivity contribution in [1.29, 1.82) is 0 Å². The Kier molecular flexibility index (Phi) is 5.27. The summed E-state index contributed by atoms with van der Waals surface area (Å²) in [6, 6.07) is 8.40. The third kappa shape index (κ3) is 4.15. The molecule has 20 heavy (non-hydrogen) atoms. The fraction of sp³-hybridized carbons (Fsp3) is 0.562. The van der Waals surface area contributed by atoms with Crippen molar-refractivity contribution in [3.63, 3.8) is 0 Å². The van der Waals surface area contributed by atoms with Gasteiger partial charge >= 0.3 is 0 Å². The van der Waals surface area contributed by atoms with E-state index in [1.54, 1.807) is 0 Å². The Morgan fingerprint density at radius 3 is 2.85 bits per heavy atom. The Morgan fingerprint density at radius 1 is 1.35 bits per heavy atom. The van der Waals surface area contributed by atoms with Gasteiger partial charge in [0.1, 0.15) is 5.75 Å². The minimum absolute atomic E-state index is 0.244. The minimum atomic E-state index is -0.337. The molecular weight excluding hydrogens is 252 g/mol. The average Bonchev–Trinajstić information content (AvgIpc) is 2.43. The Bertz CT molecular complexity index is 448. The lowest BCUT2D eigenvalue weighted by Crippen LogP contribution is -2.30. The molecular formula is C16H24N2O2. The number of anilines is 1. The van der Waals surface area contributed by atoms with Gasteiger partial charge in [-0.15, -0.1) is 0 Å². The first-order valence-corrected chi connectivity index (χ1v) is 7.43. The molecule has 0 spiro atoms. The first kappa shape index (κ1) is 14.7. The largest absolute Gasteiger partial charge is 0.491 e. The summed E-state index contributed by atoms with van der Waals surface area (Å²) in [6.45, 7) is 2.63. The van der Waals surface area contributed by atoms with Gasteiger partial charge in [0.15, 0.2) is 0 Å². The number of amides is 1. The van der Waals surface area contributed by atoms with Crippen LogP contribution in [0.2, 0.25) is 0 Å². The number of para-hydroxylation sites is 2. The van der Waals surface area contributed by atoms with Crippen LogP contribution in [0, 0.1) is 5.92 Å². The molecule has 1 aromatic carbocycles. The molecule has 2 rings (SSSR count). The van der Waals surface area contributed by atoms with Gasteiger partial charge in [-0.1, -0.05) is 31.9 Å². The highest BCUT2D eigenvalue weighted by molar-refractivity contribution is 5.73. The second-order valence-electron chi connectivity index (χ2n) is 5.57. The summed E-state index contributed by atoms with van der Waals surface area (Å²) in [4.78, 5) is 10.8. The van der Waals surface area contributed by atoms with Crippen LogP contribution in [0.3, 0.4) is 0 Å². The number of nitrogens with two attached hydrogens (primary N) is 1. The van der Waals surface area contributed by atoms with Gasteiger partial charge in [0.25, 0.3) is 0 Å². The Balaban J connectivity index is 1.97. The van der Waals surface area contributed by atoms with Crippen molar-refractivity contribution in [3.8, 4) is 5.75 Å². The number of nitrogens with one attached hydrogen (secondary N) is 1. The molecule has 1 amide bonds. The van der Waals surface area contributed by atoms with Crippen molar-refractivity contribution in [1.82, 2.24) is 0 Å². The van der Waals surface area contributed by atoms with Crippen molar-refractivity contribution in [2.45, 2.75) is 45.1 Å². The number of carbonyl (C=O) groups excluding carboxylic acids is 1. The highest BCUT2D eigenvalue weighted by atomic mass is 16.5. The van der Waals surface area contributed by atoms with Crippen LogP contribution in [0.25, 0.3) is 0 Å². The summed E-state index contributed by atoms with van der Waals surface area (Å²) < 4.78 is 5.66. The highest BCUT2D eigenvalue weighted by Gasteiger charge is 2.21. The first-order chi connectivity index (χ1) is 9.66. The van der Waals surface area contributed by atoms with E-state index in [4.69, 9.17) is 10.5 Å². The maximum Gasteiger partial charge on any atom is 0.220 e. The molecule has 4 heteroatoms. The van der Waals surface area contributed by atoms with E-state index in [1.165, 1.54) is 25.7 Å². The summed E-state index contributed by atoms with van der Waals surface area (Å²) in [6.07, 6.45) is 5.34. The van der Waals surface area contributed by atoms with Gasteiger partial charge in [-0.3, -0.25) is 4.79 Å². The van der Waals surface area contributed by atoms with Crippen molar-refractivity contribution in [2.75, 3.05) is 11.9 Å². The molecule has 0 saturated heterocycles. The van der Waals surface area contributed by atoms with Gasteiger partial charge in [0.05, 0.1) is 18.7 Å². The molecule has 1 saturated carbocycles. The molecule has 1 fully saturated rings. The van der Waals surface area contributed by atoms with Crippen LogP contribution in [0.1, 0.15) is 39.0 Å². The number of rotatable bonds is 6. The van der Waals surface area contributed by atoms with E-state index in [2.05, 4.69) is 12.2 Å². The summed E-state index contributed by atoms with van der Waals surface area (Å²) in [5.41, 5.74) is 6.14. The maximum atomic E-state index is 10.8. The lowest BCUT2D eigenvalue weighted by atomic mass is 9.86. The molecule has 0 radical (unpaired) electrons. The Labute approximate surface area is 120 Å². The topological polar surface area (TPSA) is 64.3 Å². The molecule has 110 valence electrons. The fourth-order valence-corrected chi connectivity index (χ4v) is 2.70. The number of benzene rings is 1. The number of carbonyl (C=O) groups is 1. The molecule has 1 aliphatic carbocycles. The predicted octanol–water partition coefficient (Wildman–Crippen LogP) is 2.93. The van der Waals surface area contributed by atoms with E-state index in [9.17, 15) is 4.79 Å². The molecule has 2 unspecified atom stereocenters. The summed E-state index contributed by atoms with van der Waals surface area (Å²) in [5, 5.41) is 3.60. The normalized spacial score (nSPS) is 22.2. The molecule has 1 aliphatic rings. The third-order valence-corrected chi connectivity index (χ3v) is 3.95. The zero-order valence-corrected chi connectivity index (χ0v) is 12.1. The summed E-state index contributed by atoms with van der Waals surface area (Å²) in [7, 11) is 0. The van der Waals surface area contributed by atoms with Crippen LogP contribution in [0.4, 0.5) is 5.69 Å². The monoisotopic (exact) mass is 276 g/mol. The number of primary amides is 1. The molecule has 4 nitrogen and oxygen atoms in total. The zero-order chi connectivity index (χ0) is 14.4. The molecule has 1 aromatic rings. The second-order valence-corrected chi connectivity index (χ2v) is 5.57. The summed E-state index contributed by atoms with van der Waals surface area (Å²) in [5.74, 6) is 1.14. The Morgan fingerprint density at radius 2 is 2.10 bits per heavy atom. The molecule has 2 atom stereocenters. The molecule has 0 aliphatic heterocycles. The number of hydrogen-bond donors (Lipinski definition) is 2. The van der Waals surface area contributed by atoms with E-state index in [0.717, 1.165) is 11.4 Å².